The molecule has 7 atom stereocenters. The van der Waals surface area contributed by atoms with Crippen molar-refractivity contribution < 1.29 is 59.5 Å². The molecule has 346 valence electrons. The minimum atomic E-state index is -2.41. The first-order chi connectivity index (χ1) is 31.1. The van der Waals surface area contributed by atoms with Crippen LogP contribution >= 0.6 is 0 Å². The number of H-pyrrole nitrogens is 1. The maximum absolute atomic E-state index is 13.8. The number of carbonyl (C=O) groups excluding carboxylic acids is 1. The van der Waals surface area contributed by atoms with Crippen LogP contribution in [0.25, 0.3) is 38.3 Å². The molecule has 0 bridgehead atoms. The molecule has 1 spiro atoms. The summed E-state index contributed by atoms with van der Waals surface area (Å²) < 4.78 is 15.6. The van der Waals surface area contributed by atoms with E-state index < -0.39 is 60.7 Å². The van der Waals surface area contributed by atoms with E-state index in [-0.39, 0.29) is 35.2 Å². The van der Waals surface area contributed by atoms with Crippen LogP contribution in [0.5, 0.6) is 17.2 Å². The molecule has 65 heavy (non-hydrogen) atoms. The number of amides is 1. The van der Waals surface area contributed by atoms with Gasteiger partial charge in [0.05, 0.1) is 22.9 Å². The average Bonchev–Trinajstić information content (AvgIpc) is 4.09. The molecule has 0 unspecified atom stereocenters. The fourth-order valence-corrected chi connectivity index (χ4v) is 10.8. The topological polar surface area (TPSA) is 249 Å². The Bertz CT molecular complexity index is 2830. The smallest absolute Gasteiger partial charge is 0.226 e. The number of hydrogen-bond acceptors (Lipinski definition) is 13. The average molecular weight is 896 g/mol. The lowest BCUT2D eigenvalue weighted by molar-refractivity contribution is -0.371. The first-order valence-electron chi connectivity index (χ1n) is 22.4. The van der Waals surface area contributed by atoms with Gasteiger partial charge in [-0.15, -0.1) is 0 Å². The van der Waals surface area contributed by atoms with Crippen LogP contribution < -0.4 is 15.5 Å². The Balaban J connectivity index is 1.11. The minimum Gasteiger partial charge on any atom is -0.508 e. The van der Waals surface area contributed by atoms with Crippen LogP contribution in [0, 0.1) is 18.3 Å². The number of hydrogen-bond donors (Lipinski definition) is 9. The number of ether oxygens (including phenoxy) is 1. The predicted octanol–water partition coefficient (Wildman–Crippen LogP) is 4.65. The number of nitrogens with zero attached hydrogens (tertiary/aromatic N) is 1. The Kier molecular flexibility index (Phi) is 11.8. The number of nitrogens with one attached hydrogen (secondary N) is 2. The zero-order chi connectivity index (χ0) is 46.0. The van der Waals surface area contributed by atoms with Crippen molar-refractivity contribution in [2.75, 3.05) is 19.8 Å². The van der Waals surface area contributed by atoms with Crippen LogP contribution in [0.1, 0.15) is 75.0 Å². The summed E-state index contributed by atoms with van der Waals surface area (Å²) in [5.74, 6) is 0.786. The largest absolute Gasteiger partial charge is 0.508 e. The van der Waals surface area contributed by atoms with Crippen LogP contribution in [-0.4, -0.2) is 107 Å². The summed E-state index contributed by atoms with van der Waals surface area (Å²) in [6.45, 7) is 4.50. The van der Waals surface area contributed by atoms with Crippen LogP contribution in [0.2, 0.25) is 0 Å². The van der Waals surface area contributed by atoms with Gasteiger partial charge in [-0.25, -0.2) is 9.78 Å². The van der Waals surface area contributed by atoms with Crippen LogP contribution in [0.3, 0.4) is 0 Å². The van der Waals surface area contributed by atoms with Gasteiger partial charge in [0.1, 0.15) is 65.2 Å². The Morgan fingerprint density at radius 1 is 1.00 bits per heavy atom. The number of phenols is 2. The molecular weight excluding hydrogens is 839 g/mol. The van der Waals surface area contributed by atoms with Crippen molar-refractivity contribution in [3.8, 4) is 22.9 Å². The standard InChI is InChI=1S/C49H57N3O13/c1-4-36-32-12-16-50-35(32)23-52(36)41-43-28(18-34-38(56)17-26(2)63-44(34)41)19-40(47(3,64-43)15-11-29-22-51-46(60)48(29)13-5-6-14-48)65-62-25-49(61,45(59)42(58)39(57)24-53)21-27-7-10-37(55)31-9-8-30(54)20-33(27)31/h7-10,12,16-18,20,23,29,39-40,42,45,50,53-55,57-59,61H,4-6,11,13-15,19,21-22,24-25H2,1-3H3,(H,51,60)/t29-,39+,40+,42+,45-,47+,49-/m0/s1. The zero-order valence-electron chi connectivity index (χ0n) is 36.7. The highest BCUT2D eigenvalue weighted by atomic mass is 17.2. The van der Waals surface area contributed by atoms with Crippen molar-refractivity contribution >= 4 is 38.6 Å². The van der Waals surface area contributed by atoms with Crippen molar-refractivity contribution in [1.29, 1.82) is 0 Å². The lowest BCUT2D eigenvalue weighted by atomic mass is 9.72. The van der Waals surface area contributed by atoms with Crippen molar-refractivity contribution in [3.63, 3.8) is 0 Å². The molecule has 1 aliphatic carbocycles. The molecule has 3 aromatic carbocycles. The number of fused-ring (bicyclic) bond motifs is 4. The molecule has 3 aliphatic rings. The van der Waals surface area contributed by atoms with Crippen molar-refractivity contribution in [1.82, 2.24) is 14.9 Å². The molecule has 1 saturated carbocycles. The van der Waals surface area contributed by atoms with Crippen molar-refractivity contribution in [2.45, 2.75) is 114 Å². The molecule has 6 aromatic rings. The lowest BCUT2D eigenvalue weighted by Crippen LogP contribution is -2.58. The van der Waals surface area contributed by atoms with Gasteiger partial charge in [0.2, 0.25) is 5.91 Å². The number of aryl methyl sites for hydroxylation is 2. The summed E-state index contributed by atoms with van der Waals surface area (Å²) in [6, 6.07) is 12.3. The Hall–Kier alpha value is -5.46. The number of aromatic nitrogens is 2. The minimum absolute atomic E-state index is 0.0221. The number of aromatic hydroxyl groups is 2. The van der Waals surface area contributed by atoms with Gasteiger partial charge in [-0.1, -0.05) is 25.8 Å². The second kappa shape index (κ2) is 17.1. The van der Waals surface area contributed by atoms with E-state index in [2.05, 4.69) is 17.2 Å². The highest BCUT2D eigenvalue weighted by Crippen LogP contribution is 2.51. The van der Waals surface area contributed by atoms with E-state index in [1.807, 2.05) is 30.0 Å². The van der Waals surface area contributed by atoms with E-state index >= 15 is 0 Å². The lowest BCUT2D eigenvalue weighted by Gasteiger charge is -2.43. The second-order valence-electron chi connectivity index (χ2n) is 18.6. The number of aliphatic hydroxyl groups excluding tert-OH is 4. The van der Waals surface area contributed by atoms with E-state index in [0.29, 0.717) is 75.9 Å². The van der Waals surface area contributed by atoms with Gasteiger partial charge in [0, 0.05) is 59.9 Å². The fraction of sp³-hybridized carbons (Fsp3) is 0.469. The molecule has 5 heterocycles. The molecule has 2 aliphatic heterocycles. The maximum atomic E-state index is 13.8. The summed E-state index contributed by atoms with van der Waals surface area (Å²) in [5.41, 5.74) is -0.590. The summed E-state index contributed by atoms with van der Waals surface area (Å²) in [4.78, 5) is 42.7. The predicted molar refractivity (Wildman–Crippen MR) is 239 cm³/mol. The van der Waals surface area contributed by atoms with E-state index in [1.165, 1.54) is 36.4 Å². The number of rotatable bonds is 15. The van der Waals surface area contributed by atoms with Gasteiger partial charge in [-0.2, -0.15) is 0 Å². The molecule has 9 N–H and O–H groups in total. The van der Waals surface area contributed by atoms with Crippen LogP contribution in [0.15, 0.2) is 70.1 Å². The first kappa shape index (κ1) is 44.7. The normalized spacial score (nSPS) is 22.9. The van der Waals surface area contributed by atoms with E-state index in [9.17, 15) is 45.3 Å². The summed E-state index contributed by atoms with van der Waals surface area (Å²) in [5, 5.41) is 81.0. The monoisotopic (exact) mass is 895 g/mol. The third kappa shape index (κ3) is 7.74. The molecule has 16 nitrogen and oxygen atoms in total. The molecule has 1 saturated heterocycles. The summed E-state index contributed by atoms with van der Waals surface area (Å²) >= 11 is 0. The zero-order valence-corrected chi connectivity index (χ0v) is 36.7. The van der Waals surface area contributed by atoms with E-state index in [0.717, 1.165) is 42.3 Å². The molecular formula is C49H57N3O13. The van der Waals surface area contributed by atoms with Gasteiger partial charge in [0.25, 0.3) is 0 Å². The molecule has 0 radical (unpaired) electrons. The number of benzene rings is 3. The van der Waals surface area contributed by atoms with Gasteiger partial charge in [0.15, 0.2) is 16.8 Å². The number of aromatic amines is 1. The van der Waals surface area contributed by atoms with Crippen LogP contribution in [0.4, 0.5) is 0 Å². The fourth-order valence-electron chi connectivity index (χ4n) is 10.8. The van der Waals surface area contributed by atoms with Gasteiger partial charge in [-0.05, 0) is 99.2 Å². The molecule has 9 rings (SSSR count). The molecule has 16 heteroatoms. The number of carbonyl (C=O) groups is 1. The number of phenolic OH excluding ortho intramolecular Hbond substituents is 2. The van der Waals surface area contributed by atoms with E-state index in [4.69, 9.17) is 18.9 Å². The quantitative estimate of drug-likeness (QED) is 0.0504. The van der Waals surface area contributed by atoms with Crippen molar-refractivity contribution in [2.24, 2.45) is 11.3 Å². The number of aliphatic hydroxyl groups is 5. The Morgan fingerprint density at radius 3 is 2.54 bits per heavy atom. The maximum Gasteiger partial charge on any atom is 0.226 e. The highest BCUT2D eigenvalue weighted by Gasteiger charge is 2.53. The first-order valence-corrected chi connectivity index (χ1v) is 22.4. The van der Waals surface area contributed by atoms with Crippen LogP contribution in [-0.2, 0) is 33.8 Å². The Labute approximate surface area is 373 Å². The molecule has 3 aromatic heterocycles. The summed E-state index contributed by atoms with van der Waals surface area (Å²) in [7, 11) is 0. The van der Waals surface area contributed by atoms with Gasteiger partial charge in [-0.3, -0.25) is 9.59 Å². The van der Waals surface area contributed by atoms with E-state index in [1.54, 1.807) is 13.0 Å². The molecule has 1 amide bonds. The second-order valence-corrected chi connectivity index (χ2v) is 18.6. The van der Waals surface area contributed by atoms with Crippen molar-refractivity contribution in [3.05, 3.63) is 93.7 Å². The third-order valence-electron chi connectivity index (χ3n) is 14.5. The Morgan fingerprint density at radius 2 is 1.78 bits per heavy atom. The van der Waals surface area contributed by atoms with Gasteiger partial charge >= 0.3 is 0 Å². The van der Waals surface area contributed by atoms with Gasteiger partial charge < -0.3 is 59.8 Å². The summed E-state index contributed by atoms with van der Waals surface area (Å²) in [6.07, 6.45) is 1.79. The highest BCUT2D eigenvalue weighted by molar-refractivity contribution is 5.93. The third-order valence-corrected chi connectivity index (χ3v) is 14.5. The SMILES string of the molecule is CCc1c2cc[nH]c2cn1-c1c2c(cc3c(=O)cc(C)oc13)C[C@@H](OOC[C@@](O)(Cc1ccc(O)c3ccc(O)cc13)[C@@H](O)[C@H](O)[C@H](O)CO)[C@@](C)(CC[C@H]1CNC(=O)C13CCCC3)O2. The molecule has 2 fully saturated rings.